The molecule has 1 unspecified atom stereocenters. The number of aromatic nitrogens is 2. The van der Waals surface area contributed by atoms with E-state index >= 15 is 0 Å². The Morgan fingerprint density at radius 2 is 2.17 bits per heavy atom. The zero-order valence-corrected chi connectivity index (χ0v) is 11.1. The van der Waals surface area contributed by atoms with Gasteiger partial charge in [0.05, 0.1) is 24.5 Å². The summed E-state index contributed by atoms with van der Waals surface area (Å²) >= 11 is 0. The van der Waals surface area contributed by atoms with Crippen LogP contribution >= 0.6 is 0 Å². The smallest absolute Gasteiger partial charge is 0.192 e. The Balaban J connectivity index is 2.32. The van der Waals surface area contributed by atoms with Gasteiger partial charge in [-0.05, 0) is 13.8 Å². The molecule has 6 nitrogen and oxygen atoms in total. The fourth-order valence-corrected chi connectivity index (χ4v) is 2.34. The van der Waals surface area contributed by atoms with Gasteiger partial charge in [-0.2, -0.15) is 0 Å². The third kappa shape index (κ3) is 2.03. The van der Waals surface area contributed by atoms with Crippen LogP contribution in [-0.2, 0) is 10.3 Å². The van der Waals surface area contributed by atoms with E-state index in [4.69, 9.17) is 10.5 Å². The monoisotopic (exact) mass is 249 g/mol. The summed E-state index contributed by atoms with van der Waals surface area (Å²) in [5.74, 6) is 0.541. The standard InChI is InChI=1S/C12H19N5O/c1-9-10(15-5-4-14-9)12(2)8-16-11(13)17(12)6-7-18-3/h4-5H,6-8H2,1-3H3,(H2,13,16). The normalized spacial score (nSPS) is 23.3. The van der Waals surface area contributed by atoms with Crippen LogP contribution in [0.3, 0.4) is 0 Å². The van der Waals surface area contributed by atoms with Crippen molar-refractivity contribution in [1.82, 2.24) is 14.9 Å². The molecule has 0 spiro atoms. The molecule has 0 saturated carbocycles. The molecule has 2 N–H and O–H groups in total. The maximum Gasteiger partial charge on any atom is 0.192 e. The van der Waals surface area contributed by atoms with Crippen LogP contribution in [-0.4, -0.2) is 47.6 Å². The van der Waals surface area contributed by atoms with E-state index in [2.05, 4.69) is 21.9 Å². The number of nitrogens with two attached hydrogens (primary N) is 1. The minimum atomic E-state index is -0.332. The first-order chi connectivity index (χ1) is 8.59. The maximum atomic E-state index is 5.95. The number of aliphatic imine (C=N–C) groups is 1. The van der Waals surface area contributed by atoms with Gasteiger partial charge in [0.2, 0.25) is 0 Å². The molecule has 1 aliphatic rings. The Hall–Kier alpha value is -1.69. The first kappa shape index (κ1) is 12.8. The molecule has 0 amide bonds. The second-order valence-electron chi connectivity index (χ2n) is 4.58. The molecule has 6 heteroatoms. The Morgan fingerprint density at radius 3 is 2.83 bits per heavy atom. The van der Waals surface area contributed by atoms with Crippen LogP contribution in [0.15, 0.2) is 17.4 Å². The number of nitrogens with zero attached hydrogens (tertiary/aromatic N) is 4. The van der Waals surface area contributed by atoms with E-state index in [-0.39, 0.29) is 5.54 Å². The van der Waals surface area contributed by atoms with E-state index in [1.165, 1.54) is 0 Å². The van der Waals surface area contributed by atoms with Crippen molar-refractivity contribution in [3.05, 3.63) is 23.8 Å². The number of hydrogen-bond acceptors (Lipinski definition) is 6. The number of hydrogen-bond donors (Lipinski definition) is 1. The van der Waals surface area contributed by atoms with E-state index < -0.39 is 0 Å². The molecule has 2 rings (SSSR count). The molecule has 0 fully saturated rings. The molecule has 1 aromatic rings. The second-order valence-corrected chi connectivity index (χ2v) is 4.58. The number of rotatable bonds is 4. The van der Waals surface area contributed by atoms with Crippen LogP contribution < -0.4 is 5.73 Å². The summed E-state index contributed by atoms with van der Waals surface area (Å²) < 4.78 is 5.12. The molecule has 0 bridgehead atoms. The lowest BCUT2D eigenvalue weighted by Crippen LogP contribution is -2.49. The molecule has 0 aromatic carbocycles. The Morgan fingerprint density at radius 1 is 1.44 bits per heavy atom. The Labute approximate surface area is 107 Å². The van der Waals surface area contributed by atoms with E-state index in [0.717, 1.165) is 11.4 Å². The molecule has 0 aliphatic carbocycles. The van der Waals surface area contributed by atoms with Crippen LogP contribution in [0.1, 0.15) is 18.3 Å². The summed E-state index contributed by atoms with van der Waals surface area (Å²) in [5.41, 5.74) is 7.45. The molecule has 1 aliphatic heterocycles. The first-order valence-corrected chi connectivity index (χ1v) is 5.94. The highest BCUT2D eigenvalue weighted by molar-refractivity contribution is 5.81. The minimum Gasteiger partial charge on any atom is -0.383 e. The number of guanidine groups is 1. The van der Waals surface area contributed by atoms with Gasteiger partial charge in [0, 0.05) is 26.0 Å². The molecule has 0 radical (unpaired) electrons. The van der Waals surface area contributed by atoms with Gasteiger partial charge in [-0.1, -0.05) is 0 Å². The van der Waals surface area contributed by atoms with Crippen LogP contribution in [0.5, 0.6) is 0 Å². The van der Waals surface area contributed by atoms with Crippen molar-refractivity contribution in [3.63, 3.8) is 0 Å². The lowest BCUT2D eigenvalue weighted by Gasteiger charge is -2.36. The molecule has 0 saturated heterocycles. The molecular weight excluding hydrogens is 230 g/mol. The molecule has 2 heterocycles. The molecular formula is C12H19N5O. The first-order valence-electron chi connectivity index (χ1n) is 5.94. The van der Waals surface area contributed by atoms with E-state index in [1.807, 2.05) is 11.8 Å². The minimum absolute atomic E-state index is 0.332. The Kier molecular flexibility index (Phi) is 3.47. The average Bonchev–Trinajstić information content (AvgIpc) is 2.64. The zero-order chi connectivity index (χ0) is 13.2. The third-order valence-electron chi connectivity index (χ3n) is 3.33. The van der Waals surface area contributed by atoms with Crippen LogP contribution in [0, 0.1) is 6.92 Å². The fourth-order valence-electron chi connectivity index (χ4n) is 2.34. The largest absolute Gasteiger partial charge is 0.383 e. The van der Waals surface area contributed by atoms with E-state index in [1.54, 1.807) is 19.5 Å². The van der Waals surface area contributed by atoms with Gasteiger partial charge in [0.15, 0.2) is 5.96 Å². The molecule has 1 aromatic heterocycles. The highest BCUT2D eigenvalue weighted by Crippen LogP contribution is 2.32. The topological polar surface area (TPSA) is 76.6 Å². The van der Waals surface area contributed by atoms with Crippen molar-refractivity contribution in [3.8, 4) is 0 Å². The van der Waals surface area contributed by atoms with Crippen molar-refractivity contribution < 1.29 is 4.74 Å². The molecule has 1 atom stereocenters. The van der Waals surface area contributed by atoms with Gasteiger partial charge < -0.3 is 15.4 Å². The molecule has 18 heavy (non-hydrogen) atoms. The summed E-state index contributed by atoms with van der Waals surface area (Å²) in [6, 6.07) is 0. The zero-order valence-electron chi connectivity index (χ0n) is 11.1. The van der Waals surface area contributed by atoms with Crippen molar-refractivity contribution in [2.24, 2.45) is 10.7 Å². The third-order valence-corrected chi connectivity index (χ3v) is 3.33. The maximum absolute atomic E-state index is 5.95. The van der Waals surface area contributed by atoms with Gasteiger partial charge in [-0.3, -0.25) is 15.0 Å². The van der Waals surface area contributed by atoms with Crippen LogP contribution in [0.4, 0.5) is 0 Å². The van der Waals surface area contributed by atoms with Crippen LogP contribution in [0.2, 0.25) is 0 Å². The van der Waals surface area contributed by atoms with Gasteiger partial charge in [0.1, 0.15) is 5.54 Å². The summed E-state index contributed by atoms with van der Waals surface area (Å²) in [6.45, 7) is 5.94. The predicted molar refractivity (Wildman–Crippen MR) is 69.2 cm³/mol. The van der Waals surface area contributed by atoms with Gasteiger partial charge in [0.25, 0.3) is 0 Å². The van der Waals surface area contributed by atoms with Gasteiger partial charge in [-0.25, -0.2) is 0 Å². The average molecular weight is 249 g/mol. The highest BCUT2D eigenvalue weighted by atomic mass is 16.5. The fraction of sp³-hybridized carbons (Fsp3) is 0.583. The van der Waals surface area contributed by atoms with Crippen molar-refractivity contribution >= 4 is 5.96 Å². The van der Waals surface area contributed by atoms with E-state index in [9.17, 15) is 0 Å². The van der Waals surface area contributed by atoms with Crippen molar-refractivity contribution in [2.45, 2.75) is 19.4 Å². The van der Waals surface area contributed by atoms with Gasteiger partial charge >= 0.3 is 0 Å². The lowest BCUT2D eigenvalue weighted by atomic mass is 9.95. The Bertz CT molecular complexity index is 462. The summed E-state index contributed by atoms with van der Waals surface area (Å²) in [6.07, 6.45) is 3.40. The van der Waals surface area contributed by atoms with E-state index in [0.29, 0.717) is 25.7 Å². The number of aryl methyl sites for hydroxylation is 1. The lowest BCUT2D eigenvalue weighted by molar-refractivity contribution is 0.134. The SMILES string of the molecule is COCCN1C(N)=NCC1(C)c1nccnc1C. The highest BCUT2D eigenvalue weighted by Gasteiger charge is 2.41. The van der Waals surface area contributed by atoms with Crippen molar-refractivity contribution in [1.29, 1.82) is 0 Å². The summed E-state index contributed by atoms with van der Waals surface area (Å²) in [5, 5.41) is 0. The van der Waals surface area contributed by atoms with Gasteiger partial charge in [-0.15, -0.1) is 0 Å². The molecule has 98 valence electrons. The second kappa shape index (κ2) is 4.89. The van der Waals surface area contributed by atoms with Crippen molar-refractivity contribution in [2.75, 3.05) is 26.8 Å². The quantitative estimate of drug-likeness (QED) is 0.829. The number of methoxy groups -OCH3 is 1. The number of ether oxygens (including phenoxy) is 1. The summed E-state index contributed by atoms with van der Waals surface area (Å²) in [4.78, 5) is 15.1. The predicted octanol–water partition coefficient (Wildman–Crippen LogP) is 0.277. The van der Waals surface area contributed by atoms with Crippen LogP contribution in [0.25, 0.3) is 0 Å². The summed E-state index contributed by atoms with van der Waals surface area (Å²) in [7, 11) is 1.67.